The lowest BCUT2D eigenvalue weighted by Crippen LogP contribution is -2.33. The van der Waals surface area contributed by atoms with E-state index in [1.807, 2.05) is 44.2 Å². The zero-order chi connectivity index (χ0) is 17.1. The fourth-order valence-corrected chi connectivity index (χ4v) is 3.62. The molecule has 3 rings (SSSR count). The van der Waals surface area contributed by atoms with Crippen LogP contribution in [0.4, 0.5) is 0 Å². The standard InChI is InChI=1S/C18H24N4OS/c1-4-22-16(15-10-11-15)20-21-18(22)24-13(3)17(23)19-12(2)14-8-6-5-7-9-14/h5-9,12-13,15H,4,10-11H2,1-3H3,(H,19,23). The lowest BCUT2D eigenvalue weighted by atomic mass is 10.1. The van der Waals surface area contributed by atoms with Gasteiger partial charge in [-0.2, -0.15) is 0 Å². The van der Waals surface area contributed by atoms with E-state index in [2.05, 4.69) is 27.0 Å². The van der Waals surface area contributed by atoms with Crippen LogP contribution in [0.3, 0.4) is 0 Å². The van der Waals surface area contributed by atoms with Gasteiger partial charge >= 0.3 is 0 Å². The zero-order valence-corrected chi connectivity index (χ0v) is 15.2. The van der Waals surface area contributed by atoms with E-state index < -0.39 is 0 Å². The van der Waals surface area contributed by atoms with Crippen LogP contribution >= 0.6 is 11.8 Å². The first-order valence-electron chi connectivity index (χ1n) is 8.55. The van der Waals surface area contributed by atoms with Crippen molar-refractivity contribution in [3.63, 3.8) is 0 Å². The summed E-state index contributed by atoms with van der Waals surface area (Å²) in [6.45, 7) is 6.87. The van der Waals surface area contributed by atoms with Crippen molar-refractivity contribution in [1.29, 1.82) is 0 Å². The minimum Gasteiger partial charge on any atom is -0.349 e. The Labute approximate surface area is 147 Å². The van der Waals surface area contributed by atoms with Crippen molar-refractivity contribution in [2.45, 2.75) is 62.5 Å². The van der Waals surface area contributed by atoms with Gasteiger partial charge in [-0.15, -0.1) is 10.2 Å². The van der Waals surface area contributed by atoms with Crippen LogP contribution in [0.25, 0.3) is 0 Å². The number of amides is 1. The van der Waals surface area contributed by atoms with Gasteiger partial charge in [-0.05, 0) is 39.2 Å². The largest absolute Gasteiger partial charge is 0.349 e. The molecule has 2 atom stereocenters. The lowest BCUT2D eigenvalue weighted by Gasteiger charge is -2.17. The summed E-state index contributed by atoms with van der Waals surface area (Å²) < 4.78 is 2.15. The second kappa shape index (κ2) is 7.38. The van der Waals surface area contributed by atoms with Gasteiger partial charge in [0.05, 0.1) is 11.3 Å². The van der Waals surface area contributed by atoms with E-state index in [0.29, 0.717) is 5.92 Å². The van der Waals surface area contributed by atoms with Gasteiger partial charge in [-0.1, -0.05) is 42.1 Å². The molecule has 1 fully saturated rings. The van der Waals surface area contributed by atoms with E-state index >= 15 is 0 Å². The van der Waals surface area contributed by atoms with Crippen LogP contribution in [0, 0.1) is 0 Å². The van der Waals surface area contributed by atoms with E-state index in [1.54, 1.807) is 0 Å². The van der Waals surface area contributed by atoms with Crippen molar-refractivity contribution in [2.75, 3.05) is 0 Å². The van der Waals surface area contributed by atoms with Crippen molar-refractivity contribution in [1.82, 2.24) is 20.1 Å². The Hall–Kier alpha value is -1.82. The van der Waals surface area contributed by atoms with Crippen molar-refractivity contribution >= 4 is 17.7 Å². The summed E-state index contributed by atoms with van der Waals surface area (Å²) in [5, 5.41) is 12.3. The molecule has 6 heteroatoms. The quantitative estimate of drug-likeness (QED) is 0.781. The molecule has 2 unspecified atom stereocenters. The van der Waals surface area contributed by atoms with E-state index in [0.717, 1.165) is 23.1 Å². The number of carbonyl (C=O) groups is 1. The number of carbonyl (C=O) groups excluding carboxylic acids is 1. The van der Waals surface area contributed by atoms with E-state index in [1.165, 1.54) is 24.6 Å². The summed E-state index contributed by atoms with van der Waals surface area (Å²) in [7, 11) is 0. The number of rotatable bonds is 7. The van der Waals surface area contributed by atoms with Crippen LogP contribution in [0.5, 0.6) is 0 Å². The molecule has 0 spiro atoms. The van der Waals surface area contributed by atoms with Crippen LogP contribution in [-0.2, 0) is 11.3 Å². The number of hydrogen-bond acceptors (Lipinski definition) is 4. The molecule has 2 aromatic rings. The number of nitrogens with zero attached hydrogens (tertiary/aromatic N) is 3. The highest BCUT2D eigenvalue weighted by Gasteiger charge is 2.30. The molecule has 0 saturated heterocycles. The minimum absolute atomic E-state index is 0.00665. The third-order valence-electron chi connectivity index (χ3n) is 4.31. The Kier molecular flexibility index (Phi) is 5.23. The lowest BCUT2D eigenvalue weighted by molar-refractivity contribution is -0.120. The molecule has 0 bridgehead atoms. The average Bonchev–Trinajstić information content (AvgIpc) is 3.36. The molecule has 1 heterocycles. The molecule has 1 aliphatic carbocycles. The molecule has 1 aliphatic rings. The predicted molar refractivity (Wildman–Crippen MR) is 96.0 cm³/mol. The normalized spacial score (nSPS) is 16.6. The maximum absolute atomic E-state index is 12.5. The van der Waals surface area contributed by atoms with Gasteiger partial charge in [0.15, 0.2) is 5.16 Å². The molecule has 1 saturated carbocycles. The molecular formula is C18H24N4OS. The molecule has 5 nitrogen and oxygen atoms in total. The van der Waals surface area contributed by atoms with Gasteiger partial charge in [-0.3, -0.25) is 4.79 Å². The highest BCUT2D eigenvalue weighted by Crippen LogP contribution is 2.40. The van der Waals surface area contributed by atoms with Gasteiger partial charge < -0.3 is 9.88 Å². The highest BCUT2D eigenvalue weighted by atomic mass is 32.2. The van der Waals surface area contributed by atoms with Crippen LogP contribution in [0.1, 0.15) is 57.0 Å². The Morgan fingerprint density at radius 2 is 2.00 bits per heavy atom. The number of hydrogen-bond donors (Lipinski definition) is 1. The van der Waals surface area contributed by atoms with Crippen molar-refractivity contribution in [3.8, 4) is 0 Å². The first-order valence-corrected chi connectivity index (χ1v) is 9.43. The first-order chi connectivity index (χ1) is 11.6. The Bertz CT molecular complexity index is 696. The number of nitrogens with one attached hydrogen (secondary N) is 1. The van der Waals surface area contributed by atoms with Gasteiger partial charge in [0.25, 0.3) is 0 Å². The molecular weight excluding hydrogens is 320 g/mol. The summed E-state index contributed by atoms with van der Waals surface area (Å²) in [4.78, 5) is 12.5. The molecule has 24 heavy (non-hydrogen) atoms. The zero-order valence-electron chi connectivity index (χ0n) is 14.4. The minimum atomic E-state index is -0.210. The molecule has 1 N–H and O–H groups in total. The summed E-state index contributed by atoms with van der Waals surface area (Å²) >= 11 is 1.48. The average molecular weight is 344 g/mol. The Morgan fingerprint density at radius 1 is 1.29 bits per heavy atom. The van der Waals surface area contributed by atoms with Crippen LogP contribution in [0.15, 0.2) is 35.5 Å². The van der Waals surface area contributed by atoms with Crippen molar-refractivity contribution < 1.29 is 4.79 Å². The molecule has 1 aromatic heterocycles. The Balaban J connectivity index is 1.62. The number of thioether (sulfide) groups is 1. The summed E-state index contributed by atoms with van der Waals surface area (Å²) in [6, 6.07) is 9.99. The van der Waals surface area contributed by atoms with Gasteiger partial charge in [0, 0.05) is 12.5 Å². The van der Waals surface area contributed by atoms with Crippen molar-refractivity contribution in [2.24, 2.45) is 0 Å². The maximum atomic E-state index is 12.5. The molecule has 0 radical (unpaired) electrons. The first kappa shape index (κ1) is 17.0. The van der Waals surface area contributed by atoms with Crippen LogP contribution < -0.4 is 5.32 Å². The monoisotopic (exact) mass is 344 g/mol. The second-order valence-corrected chi connectivity index (χ2v) is 7.57. The fourth-order valence-electron chi connectivity index (χ4n) is 2.70. The maximum Gasteiger partial charge on any atom is 0.233 e. The molecule has 1 amide bonds. The van der Waals surface area contributed by atoms with Gasteiger partial charge in [-0.25, -0.2) is 0 Å². The summed E-state index contributed by atoms with van der Waals surface area (Å²) in [6.07, 6.45) is 2.40. The van der Waals surface area contributed by atoms with Crippen LogP contribution in [-0.4, -0.2) is 25.9 Å². The van der Waals surface area contributed by atoms with Gasteiger partial charge in [0.2, 0.25) is 5.91 Å². The van der Waals surface area contributed by atoms with E-state index in [-0.39, 0.29) is 17.2 Å². The molecule has 1 aromatic carbocycles. The smallest absolute Gasteiger partial charge is 0.233 e. The van der Waals surface area contributed by atoms with E-state index in [4.69, 9.17) is 0 Å². The number of aromatic nitrogens is 3. The highest BCUT2D eigenvalue weighted by molar-refractivity contribution is 8.00. The summed E-state index contributed by atoms with van der Waals surface area (Å²) in [5.74, 6) is 1.66. The van der Waals surface area contributed by atoms with E-state index in [9.17, 15) is 4.79 Å². The molecule has 0 aliphatic heterocycles. The van der Waals surface area contributed by atoms with Crippen LogP contribution in [0.2, 0.25) is 0 Å². The predicted octanol–water partition coefficient (Wildman–Crippen LogP) is 3.53. The fraction of sp³-hybridized carbons (Fsp3) is 0.500. The van der Waals surface area contributed by atoms with Crippen molar-refractivity contribution in [3.05, 3.63) is 41.7 Å². The second-order valence-electron chi connectivity index (χ2n) is 6.26. The molecule has 128 valence electrons. The number of benzene rings is 1. The summed E-state index contributed by atoms with van der Waals surface area (Å²) in [5.41, 5.74) is 1.11. The SMILES string of the molecule is CCn1c(SC(C)C(=O)NC(C)c2ccccc2)nnc1C1CC1. The van der Waals surface area contributed by atoms with Gasteiger partial charge in [0.1, 0.15) is 5.82 Å². The Morgan fingerprint density at radius 3 is 2.62 bits per heavy atom. The third-order valence-corrected chi connectivity index (χ3v) is 5.39. The third kappa shape index (κ3) is 3.80. The topological polar surface area (TPSA) is 59.8 Å².